The third-order valence-electron chi connectivity index (χ3n) is 7.30. The number of anilines is 1. The number of likely N-dealkylation sites (tertiary alicyclic amines) is 1. The number of H-pyrrole nitrogens is 1. The van der Waals surface area contributed by atoms with E-state index in [0.717, 1.165) is 24.0 Å². The number of benzene rings is 3. The summed E-state index contributed by atoms with van der Waals surface area (Å²) in [6.07, 6.45) is 0.384. The summed E-state index contributed by atoms with van der Waals surface area (Å²) in [6, 6.07) is 22.2. The number of carbonyl (C=O) groups is 1. The van der Waals surface area contributed by atoms with E-state index in [1.54, 1.807) is 29.2 Å². The maximum atomic E-state index is 14.8. The minimum absolute atomic E-state index is 0.0936. The van der Waals surface area contributed by atoms with Gasteiger partial charge in [-0.05, 0) is 35.9 Å². The average molecular weight is 469 g/mol. The molecule has 2 saturated heterocycles. The van der Waals surface area contributed by atoms with Crippen molar-refractivity contribution in [2.75, 3.05) is 31.1 Å². The Morgan fingerprint density at radius 2 is 1.60 bits per heavy atom. The summed E-state index contributed by atoms with van der Waals surface area (Å²) in [7, 11) is 0. The Morgan fingerprint density at radius 3 is 2.34 bits per heavy atom. The second kappa shape index (κ2) is 8.65. The van der Waals surface area contributed by atoms with Gasteiger partial charge >= 0.3 is 0 Å². The molecule has 7 heteroatoms. The van der Waals surface area contributed by atoms with Gasteiger partial charge in [-0.1, -0.05) is 42.5 Å². The quantitative estimate of drug-likeness (QED) is 0.494. The molecule has 0 radical (unpaired) electrons. The molecule has 3 heterocycles. The van der Waals surface area contributed by atoms with Gasteiger partial charge in [0.25, 0.3) is 11.5 Å². The van der Waals surface area contributed by atoms with Gasteiger partial charge in [0, 0.05) is 55.5 Å². The van der Waals surface area contributed by atoms with Crippen LogP contribution in [-0.4, -0.2) is 47.2 Å². The van der Waals surface area contributed by atoms with Crippen molar-refractivity contribution in [3.63, 3.8) is 0 Å². The van der Waals surface area contributed by atoms with E-state index in [2.05, 4.69) is 27.2 Å². The number of carbonyl (C=O) groups excluding carboxylic acids is 1. The van der Waals surface area contributed by atoms with Gasteiger partial charge in [-0.15, -0.1) is 0 Å². The number of hydrogen-bond acceptors (Lipinski definition) is 4. The fourth-order valence-corrected chi connectivity index (χ4v) is 5.52. The van der Waals surface area contributed by atoms with Crippen molar-refractivity contribution in [1.29, 1.82) is 0 Å². The summed E-state index contributed by atoms with van der Waals surface area (Å²) < 4.78 is 14.8. The highest BCUT2D eigenvalue weighted by Crippen LogP contribution is 2.34. The normalized spacial score (nSPS) is 19.3. The van der Waals surface area contributed by atoms with Gasteiger partial charge in [0.05, 0.1) is 16.6 Å². The number of rotatable bonds is 4. The maximum Gasteiger partial charge on any atom is 0.272 e. The summed E-state index contributed by atoms with van der Waals surface area (Å²) in [5.74, 6) is 0.00881. The van der Waals surface area contributed by atoms with Gasteiger partial charge in [0.15, 0.2) is 0 Å². The standard InChI is InChI=1S/C28H25FN4O2/c29-25-11-10-18(13-26-22-8-4-5-9-23(22)27(34)31-30-26)12-24(25)28(35)33-16-19-14-32(15-20(19)17-33)21-6-2-1-3-7-21/h1-12,19-20H,13-17H2,(H,31,34). The zero-order valence-electron chi connectivity index (χ0n) is 19.2. The SMILES string of the molecule is O=C(c1cc(Cc2n[nH]c(=O)c3ccccc23)ccc1F)N1CC2CN(c3ccccc3)CC2C1. The smallest absolute Gasteiger partial charge is 0.272 e. The molecule has 2 aliphatic rings. The van der Waals surface area contributed by atoms with Crippen molar-refractivity contribution in [2.45, 2.75) is 6.42 Å². The van der Waals surface area contributed by atoms with Crippen LogP contribution in [0.25, 0.3) is 10.8 Å². The van der Waals surface area contributed by atoms with Crippen LogP contribution in [0.4, 0.5) is 10.1 Å². The molecule has 0 bridgehead atoms. The molecule has 0 spiro atoms. The van der Waals surface area contributed by atoms with E-state index in [9.17, 15) is 14.0 Å². The van der Waals surface area contributed by atoms with Crippen molar-refractivity contribution in [3.8, 4) is 0 Å². The summed E-state index contributed by atoms with van der Waals surface area (Å²) in [4.78, 5) is 29.6. The molecule has 4 aromatic rings. The average Bonchev–Trinajstić information content (AvgIpc) is 3.47. The Labute approximate surface area is 202 Å². The molecule has 1 amide bonds. The van der Waals surface area contributed by atoms with Crippen molar-refractivity contribution in [3.05, 3.63) is 106 Å². The fraction of sp³-hybridized carbons (Fsp3) is 0.250. The van der Waals surface area contributed by atoms with Crippen molar-refractivity contribution < 1.29 is 9.18 Å². The Bertz CT molecular complexity index is 1460. The number of hydrogen-bond donors (Lipinski definition) is 1. The van der Waals surface area contributed by atoms with Gasteiger partial charge in [-0.25, -0.2) is 9.49 Å². The van der Waals surface area contributed by atoms with E-state index in [4.69, 9.17) is 0 Å². The second-order valence-electron chi connectivity index (χ2n) is 9.51. The van der Waals surface area contributed by atoms with E-state index < -0.39 is 5.82 Å². The molecule has 1 aromatic heterocycles. The molecule has 0 aliphatic carbocycles. The van der Waals surface area contributed by atoms with E-state index in [-0.39, 0.29) is 17.0 Å². The highest BCUT2D eigenvalue weighted by molar-refractivity contribution is 5.95. The van der Waals surface area contributed by atoms with Crippen LogP contribution in [0.15, 0.2) is 77.6 Å². The lowest BCUT2D eigenvalue weighted by molar-refractivity contribution is 0.0778. The van der Waals surface area contributed by atoms with Gasteiger partial charge in [-0.3, -0.25) is 9.59 Å². The van der Waals surface area contributed by atoms with Crippen LogP contribution >= 0.6 is 0 Å². The van der Waals surface area contributed by atoms with E-state index in [1.165, 1.54) is 11.8 Å². The van der Waals surface area contributed by atoms with Gasteiger partial charge < -0.3 is 9.80 Å². The zero-order valence-corrected chi connectivity index (χ0v) is 19.2. The first kappa shape index (κ1) is 21.5. The van der Waals surface area contributed by atoms with E-state index in [0.29, 0.717) is 42.4 Å². The van der Waals surface area contributed by atoms with Crippen molar-refractivity contribution >= 4 is 22.4 Å². The van der Waals surface area contributed by atoms with Crippen LogP contribution < -0.4 is 10.5 Å². The number of para-hydroxylation sites is 1. The Hall–Kier alpha value is -4.00. The summed E-state index contributed by atoms with van der Waals surface area (Å²) in [5, 5.41) is 8.06. The molecule has 2 atom stereocenters. The summed E-state index contributed by atoms with van der Waals surface area (Å²) in [5.41, 5.74) is 2.51. The van der Waals surface area contributed by atoms with Gasteiger partial charge in [0.2, 0.25) is 0 Å². The minimum Gasteiger partial charge on any atom is -0.371 e. The molecule has 6 nitrogen and oxygen atoms in total. The molecule has 176 valence electrons. The molecule has 2 aliphatic heterocycles. The summed E-state index contributed by atoms with van der Waals surface area (Å²) in [6.45, 7) is 3.10. The van der Waals surface area contributed by atoms with Gasteiger partial charge in [0.1, 0.15) is 5.82 Å². The third-order valence-corrected chi connectivity index (χ3v) is 7.30. The molecule has 0 saturated carbocycles. The van der Waals surface area contributed by atoms with Crippen LogP contribution in [0.2, 0.25) is 0 Å². The lowest BCUT2D eigenvalue weighted by Crippen LogP contribution is -2.33. The van der Waals surface area contributed by atoms with Crippen LogP contribution in [0, 0.1) is 17.7 Å². The molecule has 3 aromatic carbocycles. The van der Waals surface area contributed by atoms with Crippen LogP contribution in [-0.2, 0) is 6.42 Å². The molecule has 35 heavy (non-hydrogen) atoms. The first-order valence-electron chi connectivity index (χ1n) is 11.9. The third kappa shape index (κ3) is 3.97. The number of aromatic amines is 1. The number of aromatic nitrogens is 2. The Morgan fingerprint density at radius 1 is 0.914 bits per heavy atom. The molecule has 2 fully saturated rings. The van der Waals surface area contributed by atoms with E-state index in [1.807, 2.05) is 30.3 Å². The molecular weight excluding hydrogens is 443 g/mol. The number of amides is 1. The Kier molecular flexibility index (Phi) is 5.32. The number of nitrogens with one attached hydrogen (secondary N) is 1. The highest BCUT2D eigenvalue weighted by Gasteiger charge is 2.42. The predicted octanol–water partition coefficient (Wildman–Crippen LogP) is 3.86. The zero-order chi connectivity index (χ0) is 23.9. The lowest BCUT2D eigenvalue weighted by Gasteiger charge is -2.23. The fourth-order valence-electron chi connectivity index (χ4n) is 5.52. The topological polar surface area (TPSA) is 69.3 Å². The second-order valence-corrected chi connectivity index (χ2v) is 9.51. The highest BCUT2D eigenvalue weighted by atomic mass is 19.1. The van der Waals surface area contributed by atoms with Crippen LogP contribution in [0.1, 0.15) is 21.6 Å². The van der Waals surface area contributed by atoms with E-state index >= 15 is 0 Å². The number of nitrogens with zero attached hydrogens (tertiary/aromatic N) is 3. The summed E-state index contributed by atoms with van der Waals surface area (Å²) >= 11 is 0. The molecule has 6 rings (SSSR count). The molecule has 1 N–H and O–H groups in total. The first-order valence-corrected chi connectivity index (χ1v) is 11.9. The van der Waals surface area contributed by atoms with Crippen molar-refractivity contribution in [1.82, 2.24) is 15.1 Å². The monoisotopic (exact) mass is 468 g/mol. The molecular formula is C28H25FN4O2. The Balaban J connectivity index is 1.20. The predicted molar refractivity (Wildman–Crippen MR) is 133 cm³/mol. The minimum atomic E-state index is -0.513. The first-order chi connectivity index (χ1) is 17.1. The number of halogens is 1. The van der Waals surface area contributed by atoms with Crippen molar-refractivity contribution in [2.24, 2.45) is 11.8 Å². The largest absolute Gasteiger partial charge is 0.371 e. The van der Waals surface area contributed by atoms with Crippen LogP contribution in [0.5, 0.6) is 0 Å². The molecule has 2 unspecified atom stereocenters. The number of fused-ring (bicyclic) bond motifs is 2. The lowest BCUT2D eigenvalue weighted by atomic mass is 10.0. The maximum absolute atomic E-state index is 14.8. The van der Waals surface area contributed by atoms with Gasteiger partial charge in [-0.2, -0.15) is 5.10 Å². The van der Waals surface area contributed by atoms with Crippen LogP contribution in [0.3, 0.4) is 0 Å².